The summed E-state index contributed by atoms with van der Waals surface area (Å²) in [4.78, 5) is 12.2. The summed E-state index contributed by atoms with van der Waals surface area (Å²) in [5, 5.41) is 0. The highest BCUT2D eigenvalue weighted by Crippen LogP contribution is 2.32. The molecule has 0 N–H and O–H groups in total. The number of nitrogens with zero attached hydrogens (tertiary/aromatic N) is 4. The van der Waals surface area contributed by atoms with Gasteiger partial charge in [-0.15, -0.1) is 0 Å². The predicted molar refractivity (Wildman–Crippen MR) is 102 cm³/mol. The van der Waals surface area contributed by atoms with Gasteiger partial charge in [0.2, 0.25) is 0 Å². The molecule has 4 nitrogen and oxygen atoms in total. The lowest BCUT2D eigenvalue weighted by atomic mass is 9.89. The first-order valence-electron chi connectivity index (χ1n) is 9.92. The van der Waals surface area contributed by atoms with Crippen LogP contribution in [0.4, 0.5) is 0 Å². The van der Waals surface area contributed by atoms with Crippen molar-refractivity contribution in [3.8, 4) is 11.4 Å². The lowest BCUT2D eigenvalue weighted by molar-refractivity contribution is 0.118. The molecule has 2 aliphatic rings. The third-order valence-electron chi connectivity index (χ3n) is 6.22. The van der Waals surface area contributed by atoms with Gasteiger partial charge in [0.1, 0.15) is 5.82 Å². The van der Waals surface area contributed by atoms with E-state index in [9.17, 15) is 0 Å². The number of likely N-dealkylation sites (tertiary alicyclic amines) is 1. The van der Waals surface area contributed by atoms with Crippen LogP contribution in [-0.2, 0) is 7.05 Å². The van der Waals surface area contributed by atoms with Gasteiger partial charge in [0, 0.05) is 31.2 Å². The first kappa shape index (κ1) is 16.8. The molecule has 1 unspecified atom stereocenters. The van der Waals surface area contributed by atoms with Gasteiger partial charge in [0.25, 0.3) is 0 Å². The Hall–Kier alpha value is -1.68. The molecule has 2 fully saturated rings. The van der Waals surface area contributed by atoms with Gasteiger partial charge in [-0.25, -0.2) is 4.98 Å². The first-order chi connectivity index (χ1) is 12.2. The average molecular weight is 338 g/mol. The molecule has 2 aromatic heterocycles. The van der Waals surface area contributed by atoms with Crippen LogP contribution in [0.3, 0.4) is 0 Å². The number of imidazole rings is 1. The summed E-state index contributed by atoms with van der Waals surface area (Å²) in [6, 6.07) is 7.32. The quantitative estimate of drug-likeness (QED) is 0.836. The zero-order valence-corrected chi connectivity index (χ0v) is 15.6. The molecule has 134 valence electrons. The number of hydrogen-bond donors (Lipinski definition) is 0. The molecule has 4 heteroatoms. The molecule has 1 aliphatic carbocycles. The van der Waals surface area contributed by atoms with E-state index in [1.165, 1.54) is 63.7 Å². The van der Waals surface area contributed by atoms with E-state index in [1.807, 2.05) is 13.1 Å². The van der Waals surface area contributed by atoms with Gasteiger partial charge in [-0.1, -0.05) is 25.3 Å². The smallest absolute Gasteiger partial charge is 0.105 e. The van der Waals surface area contributed by atoms with Gasteiger partial charge in [-0.05, 0) is 51.3 Å². The van der Waals surface area contributed by atoms with Gasteiger partial charge >= 0.3 is 0 Å². The maximum atomic E-state index is 5.03. The Balaban J connectivity index is 1.53. The third-order valence-corrected chi connectivity index (χ3v) is 6.22. The van der Waals surface area contributed by atoms with Crippen molar-refractivity contribution < 1.29 is 0 Å². The van der Waals surface area contributed by atoms with Crippen molar-refractivity contribution in [1.29, 1.82) is 0 Å². The largest absolute Gasteiger partial charge is 0.330 e. The number of rotatable bonds is 3. The van der Waals surface area contributed by atoms with E-state index in [4.69, 9.17) is 4.98 Å². The summed E-state index contributed by atoms with van der Waals surface area (Å²) in [5.41, 5.74) is 3.42. The van der Waals surface area contributed by atoms with Crippen LogP contribution >= 0.6 is 0 Å². The van der Waals surface area contributed by atoms with Crippen LogP contribution in [-0.4, -0.2) is 38.6 Å². The molecule has 0 amide bonds. The number of pyridine rings is 1. The highest BCUT2D eigenvalue weighted by atomic mass is 15.2. The van der Waals surface area contributed by atoms with Crippen molar-refractivity contribution in [2.24, 2.45) is 7.05 Å². The Kier molecular flexibility index (Phi) is 4.89. The number of aromatic nitrogens is 3. The highest BCUT2D eigenvalue weighted by molar-refractivity contribution is 5.54. The zero-order valence-electron chi connectivity index (χ0n) is 15.6. The second-order valence-electron chi connectivity index (χ2n) is 7.82. The minimum atomic E-state index is 0.574. The molecule has 0 bridgehead atoms. The van der Waals surface area contributed by atoms with E-state index in [2.05, 4.69) is 39.7 Å². The van der Waals surface area contributed by atoms with Crippen molar-refractivity contribution in [3.63, 3.8) is 0 Å². The van der Waals surface area contributed by atoms with E-state index in [-0.39, 0.29) is 0 Å². The number of piperidine rings is 1. The van der Waals surface area contributed by atoms with E-state index in [1.54, 1.807) is 0 Å². The second-order valence-corrected chi connectivity index (χ2v) is 7.82. The van der Waals surface area contributed by atoms with Gasteiger partial charge in [0.05, 0.1) is 17.6 Å². The molecule has 0 aromatic carbocycles. The van der Waals surface area contributed by atoms with E-state index in [0.29, 0.717) is 5.92 Å². The van der Waals surface area contributed by atoms with Crippen molar-refractivity contribution in [2.75, 3.05) is 13.1 Å². The summed E-state index contributed by atoms with van der Waals surface area (Å²) in [5.74, 6) is 1.60. The first-order valence-corrected chi connectivity index (χ1v) is 9.92. The maximum Gasteiger partial charge on any atom is 0.105 e. The molecular formula is C21H30N4. The summed E-state index contributed by atoms with van der Waals surface area (Å²) in [6.45, 7) is 4.50. The van der Waals surface area contributed by atoms with Crippen LogP contribution in [0.1, 0.15) is 62.4 Å². The molecule has 25 heavy (non-hydrogen) atoms. The lowest BCUT2D eigenvalue weighted by Gasteiger charge is -2.40. The van der Waals surface area contributed by atoms with Gasteiger partial charge in [-0.3, -0.25) is 9.88 Å². The van der Waals surface area contributed by atoms with Crippen molar-refractivity contribution >= 4 is 0 Å². The van der Waals surface area contributed by atoms with Crippen molar-refractivity contribution in [3.05, 3.63) is 35.9 Å². The standard InChI is InChI=1S/C21H30N4/c1-16-22-14-21(24(16)2)20-12-6-11-19(23-20)17-8-7-13-25(15-17)18-9-4-3-5-10-18/h6,11-12,14,17-18H,3-5,7-10,13,15H2,1-2H3. The topological polar surface area (TPSA) is 34.0 Å². The van der Waals surface area contributed by atoms with Gasteiger partial charge in [0.15, 0.2) is 0 Å². The summed E-state index contributed by atoms with van der Waals surface area (Å²) < 4.78 is 2.13. The lowest BCUT2D eigenvalue weighted by Crippen LogP contribution is -2.43. The molecular weight excluding hydrogens is 308 g/mol. The Labute approximate surface area is 151 Å². The molecule has 2 aromatic rings. The van der Waals surface area contributed by atoms with Crippen molar-refractivity contribution in [1.82, 2.24) is 19.4 Å². The fourth-order valence-corrected chi connectivity index (χ4v) is 4.59. The Morgan fingerprint density at radius 3 is 2.64 bits per heavy atom. The molecule has 3 heterocycles. The van der Waals surface area contributed by atoms with Crippen LogP contribution in [0.25, 0.3) is 11.4 Å². The van der Waals surface area contributed by atoms with Crippen LogP contribution in [0.5, 0.6) is 0 Å². The number of aryl methyl sites for hydroxylation is 1. The van der Waals surface area contributed by atoms with Crippen LogP contribution in [0, 0.1) is 6.92 Å². The van der Waals surface area contributed by atoms with E-state index < -0.39 is 0 Å². The van der Waals surface area contributed by atoms with Gasteiger partial charge < -0.3 is 4.57 Å². The third kappa shape index (κ3) is 3.50. The Morgan fingerprint density at radius 2 is 1.88 bits per heavy atom. The summed E-state index contributed by atoms with van der Waals surface area (Å²) in [6.07, 6.45) is 11.6. The molecule has 0 spiro atoms. The molecule has 1 aliphatic heterocycles. The highest BCUT2D eigenvalue weighted by Gasteiger charge is 2.28. The summed E-state index contributed by atoms with van der Waals surface area (Å²) in [7, 11) is 2.07. The number of hydrogen-bond acceptors (Lipinski definition) is 3. The van der Waals surface area contributed by atoms with E-state index in [0.717, 1.165) is 23.3 Å². The van der Waals surface area contributed by atoms with Gasteiger partial charge in [-0.2, -0.15) is 0 Å². The van der Waals surface area contributed by atoms with Crippen LogP contribution in [0.2, 0.25) is 0 Å². The zero-order chi connectivity index (χ0) is 17.2. The maximum absolute atomic E-state index is 5.03. The molecule has 1 atom stereocenters. The van der Waals surface area contributed by atoms with Crippen molar-refractivity contribution in [2.45, 2.75) is 63.8 Å². The minimum absolute atomic E-state index is 0.574. The fraction of sp³-hybridized carbons (Fsp3) is 0.619. The minimum Gasteiger partial charge on any atom is -0.330 e. The molecule has 4 rings (SSSR count). The van der Waals surface area contributed by atoms with Crippen LogP contribution in [0.15, 0.2) is 24.4 Å². The average Bonchev–Trinajstić information content (AvgIpc) is 3.01. The second kappa shape index (κ2) is 7.28. The van der Waals surface area contributed by atoms with Crippen LogP contribution < -0.4 is 0 Å². The normalized spacial score (nSPS) is 23.0. The Morgan fingerprint density at radius 1 is 1.04 bits per heavy atom. The predicted octanol–water partition coefficient (Wildman–Crippen LogP) is 4.30. The molecule has 1 saturated carbocycles. The molecule has 1 saturated heterocycles. The fourth-order valence-electron chi connectivity index (χ4n) is 4.59. The summed E-state index contributed by atoms with van der Waals surface area (Å²) >= 11 is 0. The molecule has 0 radical (unpaired) electrons. The van der Waals surface area contributed by atoms with E-state index >= 15 is 0 Å². The SMILES string of the molecule is Cc1ncc(-c2cccc(C3CCCN(C4CCCCC4)C3)n2)n1C. The Bertz CT molecular complexity index is 714. The monoisotopic (exact) mass is 338 g/mol.